The summed E-state index contributed by atoms with van der Waals surface area (Å²) in [6, 6.07) is 14.3. The van der Waals surface area contributed by atoms with Gasteiger partial charge < -0.3 is 0 Å². The van der Waals surface area contributed by atoms with Gasteiger partial charge in [-0.2, -0.15) is 0 Å². The van der Waals surface area contributed by atoms with Crippen LogP contribution in [0.2, 0.25) is 0 Å². The van der Waals surface area contributed by atoms with Gasteiger partial charge in [0.05, 0.1) is 22.3 Å². The molecule has 0 saturated heterocycles. The van der Waals surface area contributed by atoms with Crippen LogP contribution in [0.4, 0.5) is 0 Å². The van der Waals surface area contributed by atoms with Gasteiger partial charge in [-0.25, -0.2) is 0 Å². The van der Waals surface area contributed by atoms with E-state index in [-0.39, 0.29) is 35.7 Å². The Kier molecular flexibility index (Phi) is 5.54. The number of imide groups is 2. The minimum Gasteiger partial charge on any atom is -0.271 e. The van der Waals surface area contributed by atoms with Crippen LogP contribution in [0, 0.1) is 11.8 Å². The van der Waals surface area contributed by atoms with E-state index in [0.717, 1.165) is 57.8 Å². The maximum Gasteiger partial charge on any atom is 0.261 e. The molecule has 35 heavy (non-hydrogen) atoms. The largest absolute Gasteiger partial charge is 0.271 e. The molecule has 0 bridgehead atoms. The highest BCUT2D eigenvalue weighted by molar-refractivity contribution is 6.22. The maximum absolute atomic E-state index is 12.8. The molecule has 2 heterocycles. The number of carbonyl (C=O) groups is 4. The molecule has 2 aliphatic carbocycles. The number of fused-ring (bicyclic) bond motifs is 2. The number of nitrogens with zero attached hydrogens (tertiary/aromatic N) is 2. The summed E-state index contributed by atoms with van der Waals surface area (Å²) in [6.45, 7) is 0. The number of hydrogen-bond donors (Lipinski definition) is 0. The third-order valence-electron chi connectivity index (χ3n) is 8.68. The molecule has 0 spiro atoms. The summed E-state index contributed by atoms with van der Waals surface area (Å²) in [6.07, 6.45) is 8.81. The van der Waals surface area contributed by atoms with E-state index in [4.69, 9.17) is 0 Å². The summed E-state index contributed by atoms with van der Waals surface area (Å²) in [4.78, 5) is 54.3. The number of amides is 4. The van der Waals surface area contributed by atoms with E-state index in [9.17, 15) is 19.2 Å². The smallest absolute Gasteiger partial charge is 0.261 e. The van der Waals surface area contributed by atoms with Crippen molar-refractivity contribution in [2.75, 3.05) is 0 Å². The molecule has 2 fully saturated rings. The highest BCUT2D eigenvalue weighted by atomic mass is 16.2. The molecular formula is C29H30N2O4. The van der Waals surface area contributed by atoms with Gasteiger partial charge >= 0.3 is 0 Å². The number of hydrogen-bond acceptors (Lipinski definition) is 4. The average molecular weight is 471 g/mol. The highest BCUT2D eigenvalue weighted by Crippen LogP contribution is 2.40. The lowest BCUT2D eigenvalue weighted by molar-refractivity contribution is 0.0510. The first-order valence-corrected chi connectivity index (χ1v) is 13.0. The normalized spacial score (nSPS) is 28.5. The molecule has 4 aliphatic rings. The Morgan fingerprint density at radius 2 is 0.771 bits per heavy atom. The molecule has 0 radical (unpaired) electrons. The Bertz CT molecular complexity index is 1040. The van der Waals surface area contributed by atoms with Crippen LogP contribution in [-0.4, -0.2) is 45.5 Å². The van der Waals surface area contributed by atoms with Gasteiger partial charge in [0.15, 0.2) is 0 Å². The lowest BCUT2D eigenvalue weighted by atomic mass is 9.75. The Morgan fingerprint density at radius 1 is 0.486 bits per heavy atom. The fourth-order valence-electron chi connectivity index (χ4n) is 6.83. The van der Waals surface area contributed by atoms with Crippen molar-refractivity contribution in [2.45, 2.75) is 69.9 Å². The van der Waals surface area contributed by atoms with Crippen LogP contribution in [0.1, 0.15) is 99.2 Å². The summed E-state index contributed by atoms with van der Waals surface area (Å²) in [5.74, 6) is 0.673. The molecule has 6 heteroatoms. The predicted molar refractivity (Wildman–Crippen MR) is 130 cm³/mol. The Balaban J connectivity index is 1.00. The number of benzene rings is 2. The van der Waals surface area contributed by atoms with Crippen molar-refractivity contribution < 1.29 is 19.2 Å². The molecule has 0 aromatic heterocycles. The van der Waals surface area contributed by atoms with Crippen molar-refractivity contribution in [1.82, 2.24) is 9.80 Å². The molecule has 2 aromatic rings. The Hall–Kier alpha value is -3.28. The van der Waals surface area contributed by atoms with E-state index in [1.165, 1.54) is 9.80 Å². The molecule has 4 amide bonds. The van der Waals surface area contributed by atoms with Crippen LogP contribution in [0.3, 0.4) is 0 Å². The SMILES string of the molecule is O=C1c2ccccc2C(=O)N1C1CCC(CC2CCC(N3C(=O)c4ccccc4C3=O)CC2)CC1. The van der Waals surface area contributed by atoms with Gasteiger partial charge in [0.25, 0.3) is 23.6 Å². The summed E-state index contributed by atoms with van der Waals surface area (Å²) < 4.78 is 0. The molecular weight excluding hydrogens is 440 g/mol. The van der Waals surface area contributed by atoms with E-state index >= 15 is 0 Å². The third kappa shape index (κ3) is 3.70. The van der Waals surface area contributed by atoms with Crippen molar-refractivity contribution in [3.05, 3.63) is 70.8 Å². The molecule has 2 aliphatic heterocycles. The molecule has 180 valence electrons. The number of rotatable bonds is 4. The van der Waals surface area contributed by atoms with Gasteiger partial charge in [-0.3, -0.25) is 29.0 Å². The van der Waals surface area contributed by atoms with Gasteiger partial charge in [0, 0.05) is 12.1 Å². The van der Waals surface area contributed by atoms with Gasteiger partial charge in [-0.1, -0.05) is 24.3 Å². The van der Waals surface area contributed by atoms with Crippen LogP contribution in [0.5, 0.6) is 0 Å². The zero-order valence-electron chi connectivity index (χ0n) is 19.8. The van der Waals surface area contributed by atoms with Gasteiger partial charge in [0.1, 0.15) is 0 Å². The summed E-state index contributed by atoms with van der Waals surface area (Å²) in [5.41, 5.74) is 2.15. The zero-order valence-corrected chi connectivity index (χ0v) is 19.8. The molecule has 6 nitrogen and oxygen atoms in total. The predicted octanol–water partition coefficient (Wildman–Crippen LogP) is 5.09. The third-order valence-corrected chi connectivity index (χ3v) is 8.68. The van der Waals surface area contributed by atoms with Crippen LogP contribution >= 0.6 is 0 Å². The fourth-order valence-corrected chi connectivity index (χ4v) is 6.83. The van der Waals surface area contributed by atoms with Crippen LogP contribution < -0.4 is 0 Å². The first-order valence-electron chi connectivity index (χ1n) is 13.0. The molecule has 0 unspecified atom stereocenters. The van der Waals surface area contributed by atoms with Crippen LogP contribution in [-0.2, 0) is 0 Å². The van der Waals surface area contributed by atoms with E-state index < -0.39 is 0 Å². The van der Waals surface area contributed by atoms with Crippen molar-refractivity contribution >= 4 is 23.6 Å². The molecule has 2 saturated carbocycles. The van der Waals surface area contributed by atoms with Crippen molar-refractivity contribution in [3.8, 4) is 0 Å². The average Bonchev–Trinajstić information content (AvgIpc) is 3.30. The highest BCUT2D eigenvalue weighted by Gasteiger charge is 2.43. The molecule has 0 N–H and O–H groups in total. The summed E-state index contributed by atoms with van der Waals surface area (Å²) >= 11 is 0. The van der Waals surface area contributed by atoms with Gasteiger partial charge in [-0.05, 0) is 93.9 Å². The van der Waals surface area contributed by atoms with E-state index in [1.807, 2.05) is 24.3 Å². The second-order valence-corrected chi connectivity index (χ2v) is 10.6. The van der Waals surface area contributed by atoms with Crippen LogP contribution in [0.25, 0.3) is 0 Å². The minimum atomic E-state index is -0.138. The van der Waals surface area contributed by atoms with Crippen molar-refractivity contribution in [1.29, 1.82) is 0 Å². The van der Waals surface area contributed by atoms with E-state index in [0.29, 0.717) is 34.1 Å². The first-order chi connectivity index (χ1) is 17.0. The lowest BCUT2D eigenvalue weighted by Crippen LogP contribution is -2.43. The maximum atomic E-state index is 12.8. The Labute approximate surface area is 205 Å². The van der Waals surface area contributed by atoms with Gasteiger partial charge in [-0.15, -0.1) is 0 Å². The van der Waals surface area contributed by atoms with E-state index in [1.54, 1.807) is 24.3 Å². The van der Waals surface area contributed by atoms with Crippen molar-refractivity contribution in [3.63, 3.8) is 0 Å². The first kappa shape index (κ1) is 22.2. The second kappa shape index (κ2) is 8.74. The minimum absolute atomic E-state index is 0.00297. The second-order valence-electron chi connectivity index (χ2n) is 10.6. The Morgan fingerprint density at radius 3 is 1.06 bits per heavy atom. The monoisotopic (exact) mass is 470 g/mol. The summed E-state index contributed by atoms with van der Waals surface area (Å²) in [5, 5.41) is 0. The molecule has 2 aromatic carbocycles. The van der Waals surface area contributed by atoms with Gasteiger partial charge in [0.2, 0.25) is 0 Å². The van der Waals surface area contributed by atoms with Crippen LogP contribution in [0.15, 0.2) is 48.5 Å². The molecule has 0 atom stereocenters. The summed E-state index contributed by atoms with van der Waals surface area (Å²) in [7, 11) is 0. The quantitative estimate of drug-likeness (QED) is 0.584. The number of carbonyl (C=O) groups excluding carboxylic acids is 4. The molecule has 6 rings (SSSR count). The lowest BCUT2D eigenvalue weighted by Gasteiger charge is -2.37. The topological polar surface area (TPSA) is 74.8 Å². The standard InChI is InChI=1S/C29H30N2O4/c32-26-22-5-1-2-6-23(22)27(33)30(26)20-13-9-18(10-14-20)17-19-11-15-21(16-12-19)31-28(34)24-7-3-4-8-25(24)29(31)35/h1-8,18-21H,9-17H2. The zero-order chi connectivity index (χ0) is 24.1. The fraction of sp³-hybridized carbons (Fsp3) is 0.448. The van der Waals surface area contributed by atoms with Crippen molar-refractivity contribution in [2.24, 2.45) is 11.8 Å². The van der Waals surface area contributed by atoms with E-state index in [2.05, 4.69) is 0 Å².